The van der Waals surface area contributed by atoms with Gasteiger partial charge < -0.3 is 10.2 Å². The number of hydrogen-bond acceptors (Lipinski definition) is 2. The number of nitrogens with zero attached hydrogens (tertiary/aromatic N) is 1. The van der Waals surface area contributed by atoms with E-state index in [4.69, 9.17) is 0 Å². The van der Waals surface area contributed by atoms with Crippen molar-refractivity contribution in [2.75, 3.05) is 27.2 Å². The van der Waals surface area contributed by atoms with Gasteiger partial charge in [-0.3, -0.25) is 0 Å². The Morgan fingerprint density at radius 2 is 1.75 bits per heavy atom. The maximum atomic E-state index is 3.30. The molecule has 1 rings (SSSR count). The summed E-state index contributed by atoms with van der Waals surface area (Å²) in [6, 6.07) is 0.826. The first kappa shape index (κ1) is 14.0. The van der Waals surface area contributed by atoms with Crippen LogP contribution in [0.3, 0.4) is 0 Å². The molecule has 96 valence electrons. The predicted octanol–water partition coefficient (Wildman–Crippen LogP) is 2.74. The molecule has 1 aliphatic carbocycles. The van der Waals surface area contributed by atoms with Gasteiger partial charge in [0.05, 0.1) is 0 Å². The first-order valence-electron chi connectivity index (χ1n) is 6.79. The molecule has 2 heteroatoms. The largest absolute Gasteiger partial charge is 0.319 e. The molecule has 0 amide bonds. The van der Waals surface area contributed by atoms with E-state index in [2.05, 4.69) is 38.0 Å². The number of nitrogens with one attached hydrogen (secondary N) is 1. The van der Waals surface area contributed by atoms with Gasteiger partial charge in [-0.15, -0.1) is 0 Å². The summed E-state index contributed by atoms with van der Waals surface area (Å²) in [5, 5.41) is 3.30. The fraction of sp³-hybridized carbons (Fsp3) is 1.00. The molecule has 16 heavy (non-hydrogen) atoms. The number of hydrogen-bond donors (Lipinski definition) is 1. The van der Waals surface area contributed by atoms with Crippen molar-refractivity contribution in [2.45, 2.75) is 52.5 Å². The molecule has 0 aromatic heterocycles. The Morgan fingerprint density at radius 3 is 2.25 bits per heavy atom. The highest BCUT2D eigenvalue weighted by Crippen LogP contribution is 2.28. The van der Waals surface area contributed by atoms with E-state index in [1.807, 2.05) is 7.05 Å². The van der Waals surface area contributed by atoms with Crippen LogP contribution < -0.4 is 5.32 Å². The van der Waals surface area contributed by atoms with Gasteiger partial charge in [-0.1, -0.05) is 20.8 Å². The van der Waals surface area contributed by atoms with Crippen LogP contribution in [0.4, 0.5) is 0 Å². The van der Waals surface area contributed by atoms with Gasteiger partial charge in [-0.2, -0.15) is 0 Å². The van der Waals surface area contributed by atoms with Gasteiger partial charge in [0.1, 0.15) is 0 Å². The Hall–Kier alpha value is -0.0800. The molecule has 1 N–H and O–H groups in total. The first-order chi connectivity index (χ1) is 7.44. The maximum Gasteiger partial charge on any atom is 0.00926 e. The summed E-state index contributed by atoms with van der Waals surface area (Å²) in [7, 11) is 4.35. The van der Waals surface area contributed by atoms with E-state index in [0.29, 0.717) is 5.41 Å². The van der Waals surface area contributed by atoms with Crippen LogP contribution in [0.5, 0.6) is 0 Å². The molecule has 2 nitrogen and oxygen atoms in total. The Kier molecular flexibility index (Phi) is 5.26. The fourth-order valence-electron chi connectivity index (χ4n) is 3.02. The van der Waals surface area contributed by atoms with E-state index in [9.17, 15) is 0 Å². The second kappa shape index (κ2) is 6.02. The van der Waals surface area contributed by atoms with Crippen molar-refractivity contribution in [2.24, 2.45) is 11.3 Å². The average Bonchev–Trinajstić information content (AvgIpc) is 2.17. The SMILES string of the molecule is CNCC(C)(C)CN(C)C1CCC(C)CC1. The molecule has 1 saturated carbocycles. The lowest BCUT2D eigenvalue weighted by molar-refractivity contribution is 0.120. The summed E-state index contributed by atoms with van der Waals surface area (Å²) in [5.41, 5.74) is 0.382. The molecule has 0 radical (unpaired) electrons. The van der Waals surface area contributed by atoms with Crippen LogP contribution in [-0.4, -0.2) is 38.1 Å². The normalized spacial score (nSPS) is 27.4. The lowest BCUT2D eigenvalue weighted by atomic mass is 9.85. The monoisotopic (exact) mass is 226 g/mol. The van der Waals surface area contributed by atoms with Crippen LogP contribution in [-0.2, 0) is 0 Å². The second-order valence-corrected chi connectivity index (χ2v) is 6.52. The summed E-state index contributed by atoms with van der Waals surface area (Å²) in [5.74, 6) is 0.954. The van der Waals surface area contributed by atoms with Crippen molar-refractivity contribution in [3.8, 4) is 0 Å². The zero-order valence-corrected chi connectivity index (χ0v) is 11.8. The minimum atomic E-state index is 0.382. The van der Waals surface area contributed by atoms with Crippen molar-refractivity contribution in [3.63, 3.8) is 0 Å². The van der Waals surface area contributed by atoms with Crippen LogP contribution >= 0.6 is 0 Å². The van der Waals surface area contributed by atoms with Crippen molar-refractivity contribution in [3.05, 3.63) is 0 Å². The Bertz CT molecular complexity index is 193. The smallest absolute Gasteiger partial charge is 0.00926 e. The van der Waals surface area contributed by atoms with Gasteiger partial charge in [0.25, 0.3) is 0 Å². The van der Waals surface area contributed by atoms with E-state index in [-0.39, 0.29) is 0 Å². The predicted molar refractivity (Wildman–Crippen MR) is 71.8 cm³/mol. The van der Waals surface area contributed by atoms with Gasteiger partial charge in [0.2, 0.25) is 0 Å². The van der Waals surface area contributed by atoms with E-state index in [1.165, 1.54) is 32.2 Å². The standard InChI is InChI=1S/C14H30N2/c1-12-6-8-13(9-7-12)16(5)11-14(2,3)10-15-4/h12-13,15H,6-11H2,1-5H3. The molecule has 0 aromatic carbocycles. The van der Waals surface area contributed by atoms with Crippen molar-refractivity contribution < 1.29 is 0 Å². The molecule has 1 aliphatic rings. The van der Waals surface area contributed by atoms with E-state index < -0.39 is 0 Å². The molecule has 0 unspecified atom stereocenters. The highest BCUT2D eigenvalue weighted by atomic mass is 15.1. The summed E-state index contributed by atoms with van der Waals surface area (Å²) in [6.45, 7) is 9.39. The van der Waals surface area contributed by atoms with Crippen LogP contribution in [0.2, 0.25) is 0 Å². The highest BCUT2D eigenvalue weighted by molar-refractivity contribution is 4.81. The third kappa shape index (κ3) is 4.42. The molecule has 0 spiro atoms. The van der Waals surface area contributed by atoms with Crippen LogP contribution in [0, 0.1) is 11.3 Å². The average molecular weight is 226 g/mol. The number of rotatable bonds is 5. The summed E-state index contributed by atoms with van der Waals surface area (Å²) in [4.78, 5) is 2.59. The molecule has 0 heterocycles. The Morgan fingerprint density at radius 1 is 1.19 bits per heavy atom. The topological polar surface area (TPSA) is 15.3 Å². The highest BCUT2D eigenvalue weighted by Gasteiger charge is 2.26. The molecular formula is C14H30N2. The third-order valence-corrected chi connectivity index (χ3v) is 3.94. The van der Waals surface area contributed by atoms with Crippen molar-refractivity contribution >= 4 is 0 Å². The molecule has 0 aromatic rings. The molecule has 0 bridgehead atoms. The van der Waals surface area contributed by atoms with Crippen molar-refractivity contribution in [1.82, 2.24) is 10.2 Å². The molecule has 1 fully saturated rings. The van der Waals surface area contributed by atoms with E-state index >= 15 is 0 Å². The van der Waals surface area contributed by atoms with E-state index in [0.717, 1.165) is 18.5 Å². The Labute approximate surface area is 102 Å². The van der Waals surface area contributed by atoms with Gasteiger partial charge in [-0.05, 0) is 51.1 Å². The van der Waals surface area contributed by atoms with Gasteiger partial charge in [-0.25, -0.2) is 0 Å². The van der Waals surface area contributed by atoms with Crippen LogP contribution in [0.1, 0.15) is 46.5 Å². The Balaban J connectivity index is 2.36. The lowest BCUT2D eigenvalue weighted by Crippen LogP contribution is -2.43. The van der Waals surface area contributed by atoms with Gasteiger partial charge in [0, 0.05) is 19.1 Å². The molecule has 0 saturated heterocycles. The fourth-order valence-corrected chi connectivity index (χ4v) is 3.02. The van der Waals surface area contributed by atoms with Crippen molar-refractivity contribution in [1.29, 1.82) is 0 Å². The van der Waals surface area contributed by atoms with E-state index in [1.54, 1.807) is 0 Å². The zero-order chi connectivity index (χ0) is 12.2. The third-order valence-electron chi connectivity index (χ3n) is 3.94. The molecule has 0 aliphatic heterocycles. The molecule has 0 atom stereocenters. The quantitative estimate of drug-likeness (QED) is 0.775. The summed E-state index contributed by atoms with van der Waals surface area (Å²) >= 11 is 0. The summed E-state index contributed by atoms with van der Waals surface area (Å²) in [6.07, 6.45) is 5.63. The van der Waals surface area contributed by atoms with Crippen LogP contribution in [0.25, 0.3) is 0 Å². The zero-order valence-electron chi connectivity index (χ0n) is 11.8. The minimum absolute atomic E-state index is 0.382. The van der Waals surface area contributed by atoms with Gasteiger partial charge in [0.15, 0.2) is 0 Å². The van der Waals surface area contributed by atoms with Gasteiger partial charge >= 0.3 is 0 Å². The first-order valence-corrected chi connectivity index (χ1v) is 6.79. The lowest BCUT2D eigenvalue weighted by Gasteiger charge is -2.38. The molecular weight excluding hydrogens is 196 g/mol. The van der Waals surface area contributed by atoms with Crippen LogP contribution in [0.15, 0.2) is 0 Å². The minimum Gasteiger partial charge on any atom is -0.319 e. The second-order valence-electron chi connectivity index (χ2n) is 6.52. The maximum absolute atomic E-state index is 3.30. The summed E-state index contributed by atoms with van der Waals surface area (Å²) < 4.78 is 0.